The lowest BCUT2D eigenvalue weighted by Gasteiger charge is -2.13. The molecule has 0 unspecified atom stereocenters. The Morgan fingerprint density at radius 1 is 1.24 bits per heavy atom. The second-order valence-electron chi connectivity index (χ2n) is 7.11. The first-order chi connectivity index (χ1) is 16.0. The Labute approximate surface area is 194 Å². The summed E-state index contributed by atoms with van der Waals surface area (Å²) in [5, 5.41) is 14.2. The van der Waals surface area contributed by atoms with Gasteiger partial charge in [0.05, 0.1) is 33.5 Å². The highest BCUT2D eigenvalue weighted by molar-refractivity contribution is 6.17. The average molecular weight is 472 g/mol. The number of nitrogens with zero attached hydrogens (tertiary/aromatic N) is 5. The number of hydrogen-bond donors (Lipinski definition) is 2. The Hall–Kier alpha value is -3.86. The van der Waals surface area contributed by atoms with Gasteiger partial charge in [-0.05, 0) is 18.6 Å². The summed E-state index contributed by atoms with van der Waals surface area (Å²) in [6.45, 7) is 2.57. The van der Waals surface area contributed by atoms with Crippen molar-refractivity contribution in [3.63, 3.8) is 0 Å². The molecule has 1 aromatic carbocycles. The van der Waals surface area contributed by atoms with Crippen molar-refractivity contribution in [3.8, 4) is 5.75 Å². The van der Waals surface area contributed by atoms with Crippen LogP contribution in [-0.2, 0) is 23.7 Å². The van der Waals surface area contributed by atoms with Crippen LogP contribution in [0.1, 0.15) is 22.6 Å². The molecular weight excluding hydrogens is 450 g/mol. The maximum Gasteiger partial charge on any atom is 0.413 e. The predicted octanol–water partition coefficient (Wildman–Crippen LogP) is 3.71. The van der Waals surface area contributed by atoms with Crippen molar-refractivity contribution in [2.75, 3.05) is 24.9 Å². The third-order valence-corrected chi connectivity index (χ3v) is 5.14. The summed E-state index contributed by atoms with van der Waals surface area (Å²) in [5.41, 5.74) is 3.74. The van der Waals surface area contributed by atoms with E-state index in [2.05, 4.69) is 35.6 Å². The van der Waals surface area contributed by atoms with Gasteiger partial charge in [-0.3, -0.25) is 10.00 Å². The van der Waals surface area contributed by atoms with Gasteiger partial charge in [-0.15, -0.1) is 11.6 Å². The number of rotatable bonds is 8. The Balaban J connectivity index is 1.72. The van der Waals surface area contributed by atoms with Crippen LogP contribution in [0.5, 0.6) is 5.75 Å². The van der Waals surface area contributed by atoms with Crippen LogP contribution >= 0.6 is 11.6 Å². The Morgan fingerprint density at radius 2 is 2.09 bits per heavy atom. The van der Waals surface area contributed by atoms with E-state index >= 15 is 0 Å². The van der Waals surface area contributed by atoms with Gasteiger partial charge in [0, 0.05) is 17.5 Å². The van der Waals surface area contributed by atoms with E-state index in [1.54, 1.807) is 18.0 Å². The minimum atomic E-state index is -0.677. The number of fused-ring (bicyclic) bond motifs is 1. The molecule has 0 aliphatic heterocycles. The summed E-state index contributed by atoms with van der Waals surface area (Å²) in [7, 11) is 2.87. The topological polar surface area (TPSA) is 129 Å². The number of carbonyl (C=O) groups excluding carboxylic acids is 1. The fourth-order valence-corrected chi connectivity index (χ4v) is 3.45. The largest absolute Gasteiger partial charge is 0.496 e. The van der Waals surface area contributed by atoms with Gasteiger partial charge in [-0.25, -0.2) is 9.78 Å². The van der Waals surface area contributed by atoms with Crippen LogP contribution in [0.4, 0.5) is 16.6 Å². The lowest BCUT2D eigenvalue weighted by molar-refractivity contribution is 0.186. The predicted molar refractivity (Wildman–Crippen MR) is 122 cm³/mol. The van der Waals surface area contributed by atoms with Crippen molar-refractivity contribution in [3.05, 3.63) is 53.0 Å². The monoisotopic (exact) mass is 471 g/mol. The van der Waals surface area contributed by atoms with Crippen LogP contribution in [-0.4, -0.2) is 45.2 Å². The molecule has 11 nitrogen and oxygen atoms in total. The van der Waals surface area contributed by atoms with E-state index < -0.39 is 6.09 Å². The molecule has 2 N–H and O–H groups in total. The lowest BCUT2D eigenvalue weighted by Crippen LogP contribution is -2.15. The Morgan fingerprint density at radius 3 is 2.79 bits per heavy atom. The van der Waals surface area contributed by atoms with E-state index in [0.29, 0.717) is 53.0 Å². The normalized spacial score (nSPS) is 10.9. The van der Waals surface area contributed by atoms with Crippen molar-refractivity contribution in [1.29, 1.82) is 0 Å². The second kappa shape index (κ2) is 9.74. The maximum atomic E-state index is 11.7. The molecule has 0 fully saturated rings. The quantitative estimate of drug-likeness (QED) is 0.369. The number of hydrogen-bond acceptors (Lipinski definition) is 9. The summed E-state index contributed by atoms with van der Waals surface area (Å²) >= 11 is 5.95. The molecule has 0 aliphatic rings. The van der Waals surface area contributed by atoms with E-state index in [1.807, 2.05) is 31.2 Å². The number of methoxy groups -OCH3 is 2. The molecule has 0 atom stereocenters. The number of ether oxygens (including phenoxy) is 2. The van der Waals surface area contributed by atoms with Crippen molar-refractivity contribution < 1.29 is 18.8 Å². The minimum absolute atomic E-state index is 0.0804. The minimum Gasteiger partial charge on any atom is -0.496 e. The number of nitrogens with one attached hydrogen (secondary N) is 2. The molecule has 0 saturated heterocycles. The zero-order valence-corrected chi connectivity index (χ0v) is 19.0. The number of anilines is 2. The molecule has 12 heteroatoms. The molecule has 3 heterocycles. The van der Waals surface area contributed by atoms with Gasteiger partial charge in [-0.2, -0.15) is 10.1 Å². The molecule has 1 amide bonds. The van der Waals surface area contributed by atoms with Gasteiger partial charge >= 0.3 is 6.09 Å². The molecular formula is C21H22ClN7O4. The fourth-order valence-electron chi connectivity index (χ4n) is 3.28. The standard InChI is InChI=1S/C21H22ClN7O4/c1-12-6-15(28-33-12)9-23-19-18-16(25-20(26-19)27-21(30)32-3)10-24-29(18)11-14-5-4-13(8-22)7-17(14)31-2/h4-7,10H,8-9,11H2,1-3H3,(H2,23,25,26,27,30). The number of alkyl halides is 1. The third kappa shape index (κ3) is 4.98. The Bertz CT molecular complexity index is 1290. The first-order valence-electron chi connectivity index (χ1n) is 9.97. The lowest BCUT2D eigenvalue weighted by atomic mass is 10.1. The van der Waals surface area contributed by atoms with Gasteiger partial charge < -0.3 is 19.3 Å². The molecule has 0 aliphatic carbocycles. The highest BCUT2D eigenvalue weighted by Crippen LogP contribution is 2.27. The summed E-state index contributed by atoms with van der Waals surface area (Å²) in [6, 6.07) is 7.61. The van der Waals surface area contributed by atoms with Crippen molar-refractivity contribution in [2.24, 2.45) is 0 Å². The van der Waals surface area contributed by atoms with E-state index in [-0.39, 0.29) is 5.95 Å². The summed E-state index contributed by atoms with van der Waals surface area (Å²) in [6.07, 6.45) is 0.925. The van der Waals surface area contributed by atoms with Crippen LogP contribution in [0.25, 0.3) is 11.0 Å². The number of benzene rings is 1. The van der Waals surface area contributed by atoms with Crippen LogP contribution in [0, 0.1) is 6.92 Å². The molecule has 4 rings (SSSR count). The Kier molecular flexibility index (Phi) is 6.59. The van der Waals surface area contributed by atoms with E-state index in [4.69, 9.17) is 20.9 Å². The summed E-state index contributed by atoms with van der Waals surface area (Å²) in [5.74, 6) is 2.33. The van der Waals surface area contributed by atoms with Gasteiger partial charge in [0.15, 0.2) is 5.82 Å². The van der Waals surface area contributed by atoms with Crippen LogP contribution in [0.2, 0.25) is 0 Å². The van der Waals surface area contributed by atoms with Gasteiger partial charge in [0.25, 0.3) is 0 Å². The fraction of sp³-hybridized carbons (Fsp3) is 0.286. The van der Waals surface area contributed by atoms with Crippen molar-refractivity contribution in [1.82, 2.24) is 24.9 Å². The molecule has 0 saturated carbocycles. The average Bonchev–Trinajstić information content (AvgIpc) is 3.43. The molecule has 0 radical (unpaired) electrons. The number of aryl methyl sites for hydroxylation is 1. The van der Waals surface area contributed by atoms with Crippen LogP contribution in [0.15, 0.2) is 35.0 Å². The molecule has 0 bridgehead atoms. The van der Waals surface area contributed by atoms with E-state index in [0.717, 1.165) is 11.1 Å². The summed E-state index contributed by atoms with van der Waals surface area (Å²) < 4.78 is 17.1. The van der Waals surface area contributed by atoms with Crippen LogP contribution < -0.4 is 15.4 Å². The highest BCUT2D eigenvalue weighted by atomic mass is 35.5. The van der Waals surface area contributed by atoms with Gasteiger partial charge in [-0.1, -0.05) is 17.3 Å². The first-order valence-corrected chi connectivity index (χ1v) is 10.5. The smallest absolute Gasteiger partial charge is 0.413 e. The van der Waals surface area contributed by atoms with E-state index in [1.165, 1.54) is 7.11 Å². The number of carbonyl (C=O) groups is 1. The van der Waals surface area contributed by atoms with E-state index in [9.17, 15) is 4.79 Å². The highest BCUT2D eigenvalue weighted by Gasteiger charge is 2.17. The van der Waals surface area contributed by atoms with Crippen molar-refractivity contribution >= 4 is 40.5 Å². The number of aromatic nitrogens is 5. The maximum absolute atomic E-state index is 11.7. The first kappa shape index (κ1) is 22.3. The molecule has 0 spiro atoms. The number of amides is 1. The molecule has 172 valence electrons. The zero-order chi connectivity index (χ0) is 23.4. The van der Waals surface area contributed by atoms with Crippen LogP contribution in [0.3, 0.4) is 0 Å². The summed E-state index contributed by atoms with van der Waals surface area (Å²) in [4.78, 5) is 20.5. The third-order valence-electron chi connectivity index (χ3n) is 4.83. The van der Waals surface area contributed by atoms with Gasteiger partial charge in [0.1, 0.15) is 28.2 Å². The SMILES string of the molecule is COC(=O)Nc1nc(NCc2cc(C)on2)c2c(cnn2Cc2ccc(CCl)cc2OC)n1. The molecule has 33 heavy (non-hydrogen) atoms. The molecule has 4 aromatic rings. The van der Waals surface area contributed by atoms with Crippen molar-refractivity contribution in [2.45, 2.75) is 25.9 Å². The molecule has 3 aromatic heterocycles. The second-order valence-corrected chi connectivity index (χ2v) is 7.38. The zero-order valence-electron chi connectivity index (χ0n) is 18.3. The van der Waals surface area contributed by atoms with Gasteiger partial charge in [0.2, 0.25) is 5.95 Å². The number of halogens is 1.